The number of hydrogen-bond acceptors (Lipinski definition) is 4. The van der Waals surface area contributed by atoms with Crippen LogP contribution in [0.1, 0.15) is 26.7 Å². The van der Waals surface area contributed by atoms with Crippen LogP contribution in [0.5, 0.6) is 0 Å². The van der Waals surface area contributed by atoms with Crippen LogP contribution in [-0.4, -0.2) is 56.9 Å². The van der Waals surface area contributed by atoms with E-state index in [1.54, 1.807) is 19.1 Å². The van der Waals surface area contributed by atoms with Gasteiger partial charge in [-0.2, -0.15) is 0 Å². The molecule has 0 saturated carbocycles. The van der Waals surface area contributed by atoms with Crippen LogP contribution < -0.4 is 5.73 Å². The second-order valence-corrected chi connectivity index (χ2v) is 4.89. The molecule has 1 amide bonds. The topological polar surface area (TPSA) is 64.8 Å². The lowest BCUT2D eigenvalue weighted by molar-refractivity contribution is -0.133. The molecule has 0 aromatic heterocycles. The van der Waals surface area contributed by atoms with E-state index in [4.69, 9.17) is 15.2 Å². The summed E-state index contributed by atoms with van der Waals surface area (Å²) in [6.45, 7) is 6.21. The third-order valence-corrected chi connectivity index (χ3v) is 2.30. The molecule has 17 heavy (non-hydrogen) atoms. The van der Waals surface area contributed by atoms with E-state index in [9.17, 15) is 4.79 Å². The third kappa shape index (κ3) is 9.09. The lowest BCUT2D eigenvalue weighted by Crippen LogP contribution is -2.42. The van der Waals surface area contributed by atoms with Crippen molar-refractivity contribution in [3.05, 3.63) is 0 Å². The first-order valence-corrected chi connectivity index (χ1v) is 5.95. The minimum Gasteiger partial charge on any atom is -0.385 e. The number of amides is 1. The number of rotatable bonds is 9. The van der Waals surface area contributed by atoms with Crippen molar-refractivity contribution >= 4 is 5.91 Å². The van der Waals surface area contributed by atoms with Crippen LogP contribution >= 0.6 is 0 Å². The van der Waals surface area contributed by atoms with Gasteiger partial charge in [-0.3, -0.25) is 4.79 Å². The second kappa shape index (κ2) is 8.44. The molecular formula is C12H26N2O3. The van der Waals surface area contributed by atoms with Crippen molar-refractivity contribution < 1.29 is 14.3 Å². The van der Waals surface area contributed by atoms with E-state index in [1.165, 1.54) is 0 Å². The molecule has 0 fully saturated rings. The Labute approximate surface area is 104 Å². The largest absolute Gasteiger partial charge is 0.385 e. The fourth-order valence-electron chi connectivity index (χ4n) is 1.46. The van der Waals surface area contributed by atoms with Crippen LogP contribution in [0.15, 0.2) is 0 Å². The van der Waals surface area contributed by atoms with E-state index in [1.807, 2.05) is 13.8 Å². The molecule has 0 atom stereocenters. The molecule has 0 aliphatic rings. The summed E-state index contributed by atoms with van der Waals surface area (Å²) in [5, 5.41) is 0. The first-order valence-electron chi connectivity index (χ1n) is 5.95. The van der Waals surface area contributed by atoms with Gasteiger partial charge in [-0.25, -0.2) is 0 Å². The molecule has 0 aromatic carbocycles. The summed E-state index contributed by atoms with van der Waals surface area (Å²) >= 11 is 0. The molecule has 0 radical (unpaired) electrons. The number of nitrogens with zero attached hydrogens (tertiary/aromatic N) is 1. The second-order valence-electron chi connectivity index (χ2n) is 4.89. The number of nitrogens with two attached hydrogens (primary N) is 1. The highest BCUT2D eigenvalue weighted by atomic mass is 16.5. The lowest BCUT2D eigenvalue weighted by Gasteiger charge is -2.26. The number of ether oxygens (including phenoxy) is 2. The molecule has 0 heterocycles. The molecule has 102 valence electrons. The molecule has 0 unspecified atom stereocenters. The molecule has 5 nitrogen and oxygen atoms in total. The van der Waals surface area contributed by atoms with Crippen LogP contribution in [-0.2, 0) is 14.3 Å². The molecule has 0 spiro atoms. The van der Waals surface area contributed by atoms with Crippen LogP contribution in [0.3, 0.4) is 0 Å². The van der Waals surface area contributed by atoms with Gasteiger partial charge in [-0.15, -0.1) is 0 Å². The van der Waals surface area contributed by atoms with Gasteiger partial charge in [-0.1, -0.05) is 0 Å². The number of carbonyl (C=O) groups excluding carboxylic acids is 1. The summed E-state index contributed by atoms with van der Waals surface area (Å²) in [6, 6.07) is 0. The van der Waals surface area contributed by atoms with E-state index in [0.717, 1.165) is 6.42 Å². The van der Waals surface area contributed by atoms with Crippen molar-refractivity contribution in [2.75, 3.05) is 40.5 Å². The van der Waals surface area contributed by atoms with Gasteiger partial charge in [0.05, 0.1) is 6.61 Å². The zero-order valence-electron chi connectivity index (χ0n) is 11.5. The van der Waals surface area contributed by atoms with Gasteiger partial charge in [0.1, 0.15) is 0 Å². The van der Waals surface area contributed by atoms with Crippen LogP contribution in [0.2, 0.25) is 0 Å². The van der Waals surface area contributed by atoms with Crippen molar-refractivity contribution in [2.24, 2.45) is 5.73 Å². The molecule has 0 aromatic rings. The fraction of sp³-hybridized carbons (Fsp3) is 0.917. The summed E-state index contributed by atoms with van der Waals surface area (Å²) < 4.78 is 9.99. The van der Waals surface area contributed by atoms with Gasteiger partial charge >= 0.3 is 0 Å². The van der Waals surface area contributed by atoms with Crippen molar-refractivity contribution in [1.29, 1.82) is 0 Å². The smallest absolute Gasteiger partial charge is 0.224 e. The molecule has 5 heteroatoms. The Balaban J connectivity index is 4.19. The maximum Gasteiger partial charge on any atom is 0.224 e. The predicted octanol–water partition coefficient (Wildman–Crippen LogP) is 0.625. The lowest BCUT2D eigenvalue weighted by atomic mass is 10.0. The van der Waals surface area contributed by atoms with Gasteiger partial charge in [0.25, 0.3) is 0 Å². The standard InChI is InChI=1S/C12H26N2O3/c1-12(2,13)10-11(15)14(7-9-17-4)6-5-8-16-3/h5-10,13H2,1-4H3. The number of hydrogen-bond donors (Lipinski definition) is 1. The van der Waals surface area contributed by atoms with Gasteiger partial charge < -0.3 is 20.1 Å². The average Bonchev–Trinajstić information content (AvgIpc) is 2.20. The van der Waals surface area contributed by atoms with Crippen molar-refractivity contribution in [2.45, 2.75) is 32.2 Å². The molecule has 0 rings (SSSR count). The zero-order chi connectivity index (χ0) is 13.3. The number of methoxy groups -OCH3 is 2. The summed E-state index contributed by atoms with van der Waals surface area (Å²) in [7, 11) is 3.29. The van der Waals surface area contributed by atoms with Crippen molar-refractivity contribution in [3.63, 3.8) is 0 Å². The minimum absolute atomic E-state index is 0.0747. The fourth-order valence-corrected chi connectivity index (χ4v) is 1.46. The SMILES string of the molecule is COCCCN(CCOC)C(=O)CC(C)(C)N. The highest BCUT2D eigenvalue weighted by Gasteiger charge is 2.21. The van der Waals surface area contributed by atoms with Crippen molar-refractivity contribution in [1.82, 2.24) is 4.90 Å². The monoisotopic (exact) mass is 246 g/mol. The summed E-state index contributed by atoms with van der Waals surface area (Å²) in [4.78, 5) is 13.8. The van der Waals surface area contributed by atoms with Crippen molar-refractivity contribution in [3.8, 4) is 0 Å². The predicted molar refractivity (Wildman–Crippen MR) is 67.8 cm³/mol. The normalized spacial score (nSPS) is 11.6. The first kappa shape index (κ1) is 16.4. The minimum atomic E-state index is -0.469. The Morgan fingerprint density at radius 2 is 1.76 bits per heavy atom. The summed E-state index contributed by atoms with van der Waals surface area (Å²) in [6.07, 6.45) is 1.18. The molecule has 0 saturated heterocycles. The molecule has 0 aliphatic heterocycles. The highest BCUT2D eigenvalue weighted by molar-refractivity contribution is 5.77. The summed E-state index contributed by atoms with van der Waals surface area (Å²) in [5.41, 5.74) is 5.39. The van der Waals surface area contributed by atoms with Gasteiger partial charge in [0, 0.05) is 45.9 Å². The van der Waals surface area contributed by atoms with Gasteiger partial charge in [0.2, 0.25) is 5.91 Å². The Kier molecular flexibility index (Phi) is 8.12. The van der Waals surface area contributed by atoms with Crippen LogP contribution in [0.25, 0.3) is 0 Å². The number of carbonyl (C=O) groups is 1. The third-order valence-electron chi connectivity index (χ3n) is 2.30. The van der Waals surface area contributed by atoms with E-state index in [0.29, 0.717) is 32.7 Å². The van der Waals surface area contributed by atoms with E-state index in [-0.39, 0.29) is 5.91 Å². The highest BCUT2D eigenvalue weighted by Crippen LogP contribution is 2.07. The van der Waals surface area contributed by atoms with E-state index < -0.39 is 5.54 Å². The van der Waals surface area contributed by atoms with E-state index >= 15 is 0 Å². The van der Waals surface area contributed by atoms with Crippen LogP contribution in [0.4, 0.5) is 0 Å². The maximum atomic E-state index is 12.0. The average molecular weight is 246 g/mol. The Bertz CT molecular complexity index is 214. The Morgan fingerprint density at radius 3 is 2.24 bits per heavy atom. The Hall–Kier alpha value is -0.650. The zero-order valence-corrected chi connectivity index (χ0v) is 11.5. The Morgan fingerprint density at radius 1 is 1.18 bits per heavy atom. The van der Waals surface area contributed by atoms with E-state index in [2.05, 4.69) is 0 Å². The van der Waals surface area contributed by atoms with Crippen LogP contribution in [0, 0.1) is 0 Å². The molecular weight excluding hydrogens is 220 g/mol. The molecule has 0 bridgehead atoms. The van der Waals surface area contributed by atoms with Gasteiger partial charge in [-0.05, 0) is 20.3 Å². The quantitative estimate of drug-likeness (QED) is 0.606. The maximum absolute atomic E-state index is 12.0. The van der Waals surface area contributed by atoms with Gasteiger partial charge in [0.15, 0.2) is 0 Å². The molecule has 2 N–H and O–H groups in total. The first-order chi connectivity index (χ1) is 7.90. The summed E-state index contributed by atoms with van der Waals surface area (Å²) in [5.74, 6) is 0.0747. The molecule has 0 aliphatic carbocycles.